The van der Waals surface area contributed by atoms with E-state index >= 15 is 0 Å². The molecule has 1 amide bonds. The van der Waals surface area contributed by atoms with E-state index in [4.69, 9.17) is 0 Å². The Morgan fingerprint density at radius 1 is 1.40 bits per heavy atom. The zero-order valence-corrected chi connectivity index (χ0v) is 12.6. The van der Waals surface area contributed by atoms with Gasteiger partial charge in [0.05, 0.1) is 5.92 Å². The molecule has 0 bridgehead atoms. The lowest BCUT2D eigenvalue weighted by molar-refractivity contribution is -0.123. The van der Waals surface area contributed by atoms with Crippen LogP contribution in [0.1, 0.15) is 44.6 Å². The van der Waals surface area contributed by atoms with Crippen LogP contribution >= 0.6 is 0 Å². The molecule has 0 aromatic heterocycles. The van der Waals surface area contributed by atoms with Crippen LogP contribution in [-0.2, 0) is 4.79 Å². The van der Waals surface area contributed by atoms with Crippen molar-refractivity contribution in [3.63, 3.8) is 0 Å². The molecule has 3 unspecified atom stereocenters. The van der Waals surface area contributed by atoms with Gasteiger partial charge in [-0.25, -0.2) is 0 Å². The number of hydrogen-bond donors (Lipinski definition) is 2. The molecule has 0 radical (unpaired) electrons. The summed E-state index contributed by atoms with van der Waals surface area (Å²) < 4.78 is 0. The van der Waals surface area contributed by atoms with Crippen LogP contribution in [0.4, 0.5) is 0 Å². The van der Waals surface area contributed by atoms with E-state index in [1.54, 1.807) is 0 Å². The predicted octanol–water partition coefficient (Wildman–Crippen LogP) is 2.68. The van der Waals surface area contributed by atoms with Crippen LogP contribution in [0.25, 0.3) is 0 Å². The zero-order valence-electron chi connectivity index (χ0n) is 12.6. The van der Waals surface area contributed by atoms with Crippen molar-refractivity contribution in [3.05, 3.63) is 35.9 Å². The van der Waals surface area contributed by atoms with Crippen molar-refractivity contribution in [2.24, 2.45) is 5.92 Å². The van der Waals surface area contributed by atoms with Gasteiger partial charge in [-0.05, 0) is 30.9 Å². The highest BCUT2D eigenvalue weighted by Gasteiger charge is 2.26. The fourth-order valence-electron chi connectivity index (χ4n) is 2.90. The van der Waals surface area contributed by atoms with Gasteiger partial charge in [0.2, 0.25) is 5.91 Å². The first-order chi connectivity index (χ1) is 9.72. The van der Waals surface area contributed by atoms with E-state index in [1.165, 1.54) is 12.8 Å². The third-order valence-electron chi connectivity index (χ3n) is 4.34. The standard InChI is InChI=1S/C17H26N2O/c1-3-13(2)16(14-8-5-4-6-9-14)17(20)19-12-15-10-7-11-18-15/h4-6,8-9,13,15-16,18H,3,7,10-12H2,1-2H3,(H,19,20). The van der Waals surface area contributed by atoms with Gasteiger partial charge in [-0.1, -0.05) is 50.6 Å². The Balaban J connectivity index is 2.00. The Labute approximate surface area is 122 Å². The van der Waals surface area contributed by atoms with Gasteiger partial charge >= 0.3 is 0 Å². The summed E-state index contributed by atoms with van der Waals surface area (Å²) in [6.07, 6.45) is 3.39. The van der Waals surface area contributed by atoms with Crippen LogP contribution in [0.15, 0.2) is 30.3 Å². The number of amides is 1. The fourth-order valence-corrected chi connectivity index (χ4v) is 2.90. The zero-order chi connectivity index (χ0) is 14.4. The Morgan fingerprint density at radius 2 is 2.15 bits per heavy atom. The molecule has 3 heteroatoms. The average molecular weight is 274 g/mol. The number of nitrogens with one attached hydrogen (secondary N) is 2. The first kappa shape index (κ1) is 15.0. The molecule has 2 rings (SSSR count). The van der Waals surface area contributed by atoms with Crippen LogP contribution in [0.3, 0.4) is 0 Å². The maximum Gasteiger partial charge on any atom is 0.227 e. The Kier molecular flexibility index (Phi) is 5.60. The van der Waals surface area contributed by atoms with Crippen LogP contribution in [-0.4, -0.2) is 25.0 Å². The second-order valence-corrected chi connectivity index (χ2v) is 5.81. The molecule has 20 heavy (non-hydrogen) atoms. The minimum Gasteiger partial charge on any atom is -0.354 e. The molecule has 3 atom stereocenters. The Morgan fingerprint density at radius 3 is 2.75 bits per heavy atom. The minimum atomic E-state index is -0.0393. The molecule has 1 heterocycles. The van der Waals surface area contributed by atoms with Crippen LogP contribution in [0.5, 0.6) is 0 Å². The van der Waals surface area contributed by atoms with Gasteiger partial charge in [-0.15, -0.1) is 0 Å². The Bertz CT molecular complexity index is 412. The maximum absolute atomic E-state index is 12.6. The van der Waals surface area contributed by atoms with E-state index in [1.807, 2.05) is 18.2 Å². The van der Waals surface area contributed by atoms with Crippen molar-refractivity contribution in [1.29, 1.82) is 0 Å². The lowest BCUT2D eigenvalue weighted by Crippen LogP contribution is -2.40. The SMILES string of the molecule is CCC(C)C(C(=O)NCC1CCCN1)c1ccccc1. The van der Waals surface area contributed by atoms with Crippen molar-refractivity contribution in [2.75, 3.05) is 13.1 Å². The summed E-state index contributed by atoms with van der Waals surface area (Å²) in [5, 5.41) is 6.56. The van der Waals surface area contributed by atoms with Crippen molar-refractivity contribution in [1.82, 2.24) is 10.6 Å². The molecule has 1 aliphatic heterocycles. The van der Waals surface area contributed by atoms with Gasteiger partial charge in [0.25, 0.3) is 0 Å². The molecule has 1 aromatic rings. The number of benzene rings is 1. The number of rotatable bonds is 6. The summed E-state index contributed by atoms with van der Waals surface area (Å²) in [4.78, 5) is 12.6. The van der Waals surface area contributed by atoms with Crippen LogP contribution in [0.2, 0.25) is 0 Å². The number of carbonyl (C=O) groups excluding carboxylic acids is 1. The molecular weight excluding hydrogens is 248 g/mol. The summed E-state index contributed by atoms with van der Waals surface area (Å²) >= 11 is 0. The summed E-state index contributed by atoms with van der Waals surface area (Å²) in [6, 6.07) is 10.6. The second kappa shape index (κ2) is 7.44. The molecule has 1 saturated heterocycles. The third kappa shape index (κ3) is 3.83. The molecule has 3 nitrogen and oxygen atoms in total. The smallest absolute Gasteiger partial charge is 0.227 e. The molecule has 1 fully saturated rings. The van der Waals surface area contributed by atoms with Gasteiger partial charge in [0.15, 0.2) is 0 Å². The lowest BCUT2D eigenvalue weighted by atomic mass is 9.85. The summed E-state index contributed by atoms with van der Waals surface area (Å²) in [6.45, 7) is 6.13. The van der Waals surface area contributed by atoms with Gasteiger partial charge in [-0.2, -0.15) is 0 Å². The quantitative estimate of drug-likeness (QED) is 0.837. The second-order valence-electron chi connectivity index (χ2n) is 5.81. The Hall–Kier alpha value is -1.35. The average Bonchev–Trinajstić information content (AvgIpc) is 2.99. The topological polar surface area (TPSA) is 41.1 Å². The first-order valence-electron chi connectivity index (χ1n) is 7.78. The van der Waals surface area contributed by atoms with Crippen LogP contribution in [0, 0.1) is 5.92 Å². The van der Waals surface area contributed by atoms with E-state index in [9.17, 15) is 4.79 Å². The minimum absolute atomic E-state index is 0.0393. The van der Waals surface area contributed by atoms with E-state index in [0.717, 1.165) is 25.1 Å². The molecule has 0 aliphatic carbocycles. The van der Waals surface area contributed by atoms with E-state index < -0.39 is 0 Å². The van der Waals surface area contributed by atoms with E-state index in [2.05, 4.69) is 36.6 Å². The van der Waals surface area contributed by atoms with Crippen molar-refractivity contribution < 1.29 is 4.79 Å². The number of hydrogen-bond acceptors (Lipinski definition) is 2. The maximum atomic E-state index is 12.6. The molecule has 1 aliphatic rings. The van der Waals surface area contributed by atoms with Crippen molar-refractivity contribution in [2.45, 2.75) is 45.1 Å². The summed E-state index contributed by atoms with van der Waals surface area (Å²) in [5.74, 6) is 0.482. The van der Waals surface area contributed by atoms with Crippen molar-refractivity contribution in [3.8, 4) is 0 Å². The predicted molar refractivity (Wildman–Crippen MR) is 82.7 cm³/mol. The van der Waals surface area contributed by atoms with E-state index in [0.29, 0.717) is 12.0 Å². The van der Waals surface area contributed by atoms with Crippen molar-refractivity contribution >= 4 is 5.91 Å². The van der Waals surface area contributed by atoms with Gasteiger partial charge in [0.1, 0.15) is 0 Å². The molecular formula is C17H26N2O. The third-order valence-corrected chi connectivity index (χ3v) is 4.34. The van der Waals surface area contributed by atoms with Gasteiger partial charge in [0, 0.05) is 12.6 Å². The molecule has 0 saturated carbocycles. The highest BCUT2D eigenvalue weighted by Crippen LogP contribution is 2.27. The largest absolute Gasteiger partial charge is 0.354 e. The first-order valence-corrected chi connectivity index (χ1v) is 7.78. The van der Waals surface area contributed by atoms with E-state index in [-0.39, 0.29) is 11.8 Å². The summed E-state index contributed by atoms with van der Waals surface area (Å²) in [5.41, 5.74) is 1.12. The normalized spacial score (nSPS) is 21.4. The highest BCUT2D eigenvalue weighted by atomic mass is 16.1. The monoisotopic (exact) mass is 274 g/mol. The van der Waals surface area contributed by atoms with Gasteiger partial charge in [-0.3, -0.25) is 4.79 Å². The highest BCUT2D eigenvalue weighted by molar-refractivity contribution is 5.84. The molecule has 1 aromatic carbocycles. The lowest BCUT2D eigenvalue weighted by Gasteiger charge is -2.23. The fraction of sp³-hybridized carbons (Fsp3) is 0.588. The molecule has 0 spiro atoms. The molecule has 110 valence electrons. The molecule has 2 N–H and O–H groups in total. The van der Waals surface area contributed by atoms with Crippen LogP contribution < -0.4 is 10.6 Å². The van der Waals surface area contributed by atoms with Gasteiger partial charge < -0.3 is 10.6 Å². The summed E-state index contributed by atoms with van der Waals surface area (Å²) in [7, 11) is 0. The number of carbonyl (C=O) groups is 1.